The molecule has 4 aliphatic carbocycles. The van der Waals surface area contributed by atoms with Crippen LogP contribution in [0.3, 0.4) is 0 Å². The fourth-order valence-electron chi connectivity index (χ4n) is 8.06. The minimum absolute atomic E-state index is 0.213. The van der Waals surface area contributed by atoms with Crippen molar-refractivity contribution in [3.63, 3.8) is 0 Å². The van der Waals surface area contributed by atoms with E-state index in [-0.39, 0.29) is 6.04 Å². The van der Waals surface area contributed by atoms with Gasteiger partial charge < -0.3 is 10.4 Å². The summed E-state index contributed by atoms with van der Waals surface area (Å²) in [4.78, 5) is 5.66. The normalized spacial score (nSPS) is 37.3. The summed E-state index contributed by atoms with van der Waals surface area (Å²) in [7, 11) is -1.87. The van der Waals surface area contributed by atoms with E-state index in [0.29, 0.717) is 29.2 Å². The zero-order valence-corrected chi connectivity index (χ0v) is 21.8. The highest BCUT2D eigenvalue weighted by atomic mass is 32.2. The molecule has 0 radical (unpaired) electrons. The quantitative estimate of drug-likeness (QED) is 0.583. The monoisotopic (exact) mass is 495 g/mol. The number of sulfonamides is 1. The third-order valence-corrected chi connectivity index (χ3v) is 11.7. The van der Waals surface area contributed by atoms with Crippen LogP contribution in [0.25, 0.3) is 10.8 Å². The molecular formula is C28H37N3O3S. The number of hydrogen-bond acceptors (Lipinski definition) is 5. The molecule has 1 aliphatic heterocycles. The number of rotatable bonds is 5. The highest BCUT2D eigenvalue weighted by molar-refractivity contribution is 7.89. The molecule has 2 aromatic carbocycles. The molecule has 6 nitrogen and oxygen atoms in total. The Labute approximate surface area is 208 Å². The van der Waals surface area contributed by atoms with Gasteiger partial charge in [-0.05, 0) is 88.7 Å². The fourth-order valence-corrected chi connectivity index (χ4v) is 10.1. The number of hydrogen-bond donors (Lipinski definition) is 2. The topological polar surface area (TPSA) is 82.0 Å². The van der Waals surface area contributed by atoms with Crippen LogP contribution in [0.15, 0.2) is 46.3 Å². The molecule has 0 spiro atoms. The van der Waals surface area contributed by atoms with Crippen molar-refractivity contribution in [3.8, 4) is 0 Å². The summed E-state index contributed by atoms with van der Waals surface area (Å²) >= 11 is 0. The van der Waals surface area contributed by atoms with Gasteiger partial charge in [-0.15, -0.1) is 0 Å². The van der Waals surface area contributed by atoms with Gasteiger partial charge in [0.05, 0.1) is 22.1 Å². The second-order valence-corrected chi connectivity index (χ2v) is 13.6. The maximum Gasteiger partial charge on any atom is 0.244 e. The molecule has 188 valence electrons. The minimum Gasteiger partial charge on any atom is -0.390 e. The van der Waals surface area contributed by atoms with Crippen molar-refractivity contribution in [2.45, 2.75) is 80.9 Å². The highest BCUT2D eigenvalue weighted by Gasteiger charge is 2.55. The zero-order valence-electron chi connectivity index (χ0n) is 21.0. The number of aliphatic imine (C=N–C) groups is 1. The molecule has 2 aromatic rings. The van der Waals surface area contributed by atoms with Gasteiger partial charge >= 0.3 is 0 Å². The molecule has 2 N–H and O–H groups in total. The lowest BCUT2D eigenvalue weighted by Gasteiger charge is -2.57. The van der Waals surface area contributed by atoms with Crippen molar-refractivity contribution in [2.75, 3.05) is 18.9 Å². The summed E-state index contributed by atoms with van der Waals surface area (Å²) in [5, 5.41) is 15.8. The smallest absolute Gasteiger partial charge is 0.244 e. The van der Waals surface area contributed by atoms with Gasteiger partial charge in [0.2, 0.25) is 10.0 Å². The third kappa shape index (κ3) is 3.57. The molecule has 0 aromatic heterocycles. The van der Waals surface area contributed by atoms with Crippen LogP contribution in [0.2, 0.25) is 0 Å². The fraction of sp³-hybridized carbons (Fsp3) is 0.607. The first-order valence-electron chi connectivity index (χ1n) is 13.1. The lowest BCUT2D eigenvalue weighted by Crippen LogP contribution is -2.57. The summed E-state index contributed by atoms with van der Waals surface area (Å²) in [6, 6.07) is 11.5. The predicted octanol–water partition coefficient (Wildman–Crippen LogP) is 4.83. The Bertz CT molecular complexity index is 1290. The number of anilines is 1. The second-order valence-electron chi connectivity index (χ2n) is 11.8. The Hall–Kier alpha value is -1.96. The van der Waals surface area contributed by atoms with Crippen LogP contribution in [-0.2, 0) is 10.0 Å². The van der Waals surface area contributed by atoms with E-state index in [1.54, 1.807) is 10.4 Å². The highest BCUT2D eigenvalue weighted by Crippen LogP contribution is 2.57. The Morgan fingerprint density at radius 2 is 1.77 bits per heavy atom. The van der Waals surface area contributed by atoms with E-state index in [2.05, 4.69) is 12.2 Å². The first-order chi connectivity index (χ1) is 16.6. The third-order valence-electron chi connectivity index (χ3n) is 9.61. The Morgan fingerprint density at radius 1 is 1.09 bits per heavy atom. The van der Waals surface area contributed by atoms with E-state index in [1.807, 2.05) is 44.3 Å². The number of nitrogens with one attached hydrogen (secondary N) is 1. The Morgan fingerprint density at radius 3 is 2.46 bits per heavy atom. The average Bonchev–Trinajstić information content (AvgIpc) is 3.23. The maximum absolute atomic E-state index is 14.2. The van der Waals surface area contributed by atoms with Gasteiger partial charge in [0, 0.05) is 35.8 Å². The van der Waals surface area contributed by atoms with Gasteiger partial charge in [-0.1, -0.05) is 24.3 Å². The van der Waals surface area contributed by atoms with Gasteiger partial charge in [-0.2, -0.15) is 4.31 Å². The second kappa shape index (κ2) is 8.02. The van der Waals surface area contributed by atoms with Gasteiger partial charge in [0.1, 0.15) is 0 Å². The molecule has 4 saturated carbocycles. The van der Waals surface area contributed by atoms with Crippen molar-refractivity contribution in [3.05, 3.63) is 36.4 Å². The van der Waals surface area contributed by atoms with Gasteiger partial charge in [-0.3, -0.25) is 4.99 Å². The van der Waals surface area contributed by atoms with Crippen molar-refractivity contribution in [2.24, 2.45) is 22.7 Å². The molecule has 5 aliphatic rings. The van der Waals surface area contributed by atoms with Crippen LogP contribution >= 0.6 is 0 Å². The van der Waals surface area contributed by atoms with Crippen molar-refractivity contribution < 1.29 is 13.5 Å². The number of aliphatic hydroxyl groups is 1. The van der Waals surface area contributed by atoms with Crippen molar-refractivity contribution in [1.82, 2.24) is 4.31 Å². The molecule has 0 amide bonds. The number of fused-ring (bicyclic) bond motifs is 1. The molecular weight excluding hydrogens is 458 g/mol. The van der Waals surface area contributed by atoms with Crippen LogP contribution in [0.4, 0.5) is 5.69 Å². The lowest BCUT2D eigenvalue weighted by atomic mass is 9.52. The van der Waals surface area contributed by atoms with E-state index in [9.17, 15) is 13.5 Å². The summed E-state index contributed by atoms with van der Waals surface area (Å²) in [5.74, 6) is 1.49. The largest absolute Gasteiger partial charge is 0.390 e. The SMILES string of the molecule is CNc1cccc2c(S(=O)(=O)N3CCCC3(C)C(C)=NC3C4CC5CC3CC(O)(C5)C4)cccc12. The van der Waals surface area contributed by atoms with E-state index < -0.39 is 21.2 Å². The van der Waals surface area contributed by atoms with E-state index in [4.69, 9.17) is 4.99 Å². The standard InChI is InChI=1S/C28H37N3O3S/c1-18(30-26-20-13-19-14-21(26)17-28(32,15-19)16-20)27(2)11-6-12-31(27)35(33,34)25-10-5-7-22-23(25)8-4-9-24(22)29-3/h4-5,7-10,19-21,26,29,32H,6,11-17H2,1-3H3. The molecule has 5 fully saturated rings. The van der Waals surface area contributed by atoms with Crippen LogP contribution in [0.5, 0.6) is 0 Å². The maximum atomic E-state index is 14.2. The number of nitrogens with zero attached hydrogens (tertiary/aromatic N) is 2. The van der Waals surface area contributed by atoms with Crippen LogP contribution in [0.1, 0.15) is 58.8 Å². The zero-order chi connectivity index (χ0) is 24.6. The van der Waals surface area contributed by atoms with Crippen LogP contribution in [-0.4, -0.2) is 54.3 Å². The molecule has 35 heavy (non-hydrogen) atoms. The van der Waals surface area contributed by atoms with Crippen LogP contribution < -0.4 is 5.32 Å². The van der Waals surface area contributed by atoms with Gasteiger partial charge in [0.15, 0.2) is 0 Å². The summed E-state index contributed by atoms with van der Waals surface area (Å²) in [6.07, 6.45) is 6.58. The van der Waals surface area contributed by atoms with Crippen LogP contribution in [0, 0.1) is 17.8 Å². The average molecular weight is 496 g/mol. The van der Waals surface area contributed by atoms with E-state index >= 15 is 0 Å². The molecule has 4 bridgehead atoms. The first kappa shape index (κ1) is 23.4. The van der Waals surface area contributed by atoms with Crippen molar-refractivity contribution >= 4 is 32.2 Å². The summed E-state index contributed by atoms with van der Waals surface area (Å²) < 4.78 is 30.0. The molecule has 1 saturated heterocycles. The van der Waals surface area contributed by atoms with Gasteiger partial charge in [0.25, 0.3) is 0 Å². The number of benzene rings is 2. The summed E-state index contributed by atoms with van der Waals surface area (Å²) in [5.41, 5.74) is 0.737. The van der Waals surface area contributed by atoms with Gasteiger partial charge in [-0.25, -0.2) is 8.42 Å². The minimum atomic E-state index is -3.73. The Balaban J connectivity index is 1.36. The molecule has 1 heterocycles. The van der Waals surface area contributed by atoms with E-state index in [1.165, 1.54) is 0 Å². The Kier molecular flexibility index (Phi) is 5.37. The predicted molar refractivity (Wildman–Crippen MR) is 140 cm³/mol. The molecule has 3 unspecified atom stereocenters. The lowest BCUT2D eigenvalue weighted by molar-refractivity contribution is -0.132. The van der Waals surface area contributed by atoms with E-state index in [0.717, 1.165) is 67.1 Å². The van der Waals surface area contributed by atoms with Crippen molar-refractivity contribution in [1.29, 1.82) is 0 Å². The molecule has 7 heteroatoms. The summed E-state index contributed by atoms with van der Waals surface area (Å²) in [6.45, 7) is 4.60. The molecule has 3 atom stereocenters. The first-order valence-corrected chi connectivity index (χ1v) is 14.6. The molecule has 7 rings (SSSR count).